The maximum absolute atomic E-state index is 13.0. The molecule has 0 aliphatic heterocycles. The maximum Gasteiger partial charge on any atom is 0.295 e. The van der Waals surface area contributed by atoms with Crippen LogP contribution in [-0.2, 0) is 40.2 Å². The number of nitrogens with zero attached hydrogens (tertiary/aromatic N) is 6. The van der Waals surface area contributed by atoms with E-state index in [4.69, 9.17) is 17.2 Å². The highest BCUT2D eigenvalue weighted by atomic mass is 32.3. The molecule has 0 unspecified atom stereocenters. The predicted molar refractivity (Wildman–Crippen MR) is 241 cm³/mol. The summed E-state index contributed by atoms with van der Waals surface area (Å²) in [5.41, 5.74) is 18.2. The summed E-state index contributed by atoms with van der Waals surface area (Å²) in [6, 6.07) is 21.5. The first-order valence-electron chi connectivity index (χ1n) is 18.3. The van der Waals surface area contributed by atoms with Crippen LogP contribution in [0.5, 0.6) is 5.75 Å². The van der Waals surface area contributed by atoms with Gasteiger partial charge in [-0.1, -0.05) is 36.4 Å². The second kappa shape index (κ2) is 18.4. The van der Waals surface area contributed by atoms with Gasteiger partial charge in [-0.25, -0.2) is 8.42 Å². The largest absolute Gasteiger partial charge is 0.505 e. The minimum Gasteiger partial charge on any atom is -0.505 e. The number of anilines is 3. The molecular formula is C39H35N9O14S4. The average molecular weight is 982 g/mol. The Morgan fingerprint density at radius 2 is 0.985 bits per heavy atom. The highest BCUT2D eigenvalue weighted by Crippen LogP contribution is 2.43. The van der Waals surface area contributed by atoms with E-state index < -0.39 is 77.9 Å². The Bertz CT molecular complexity index is 3490. The molecule has 0 atom stereocenters. The number of phenols is 1. The van der Waals surface area contributed by atoms with Gasteiger partial charge < -0.3 is 32.5 Å². The van der Waals surface area contributed by atoms with Gasteiger partial charge in [-0.3, -0.25) is 13.7 Å². The summed E-state index contributed by atoms with van der Waals surface area (Å²) in [7, 11) is -20.4. The van der Waals surface area contributed by atoms with Crippen LogP contribution in [0.3, 0.4) is 0 Å². The molecule has 27 heteroatoms. The Labute approximate surface area is 375 Å². The summed E-state index contributed by atoms with van der Waals surface area (Å²) in [4.78, 5) is -1.95. The summed E-state index contributed by atoms with van der Waals surface area (Å²) in [6.07, 6.45) is 2.33. The highest BCUT2D eigenvalue weighted by Gasteiger charge is 2.55. The zero-order valence-electron chi connectivity index (χ0n) is 33.4. The first-order chi connectivity index (χ1) is 30.9. The summed E-state index contributed by atoms with van der Waals surface area (Å²) >= 11 is 0. The van der Waals surface area contributed by atoms with Crippen molar-refractivity contribution in [1.29, 1.82) is 0 Å². The van der Waals surface area contributed by atoms with E-state index in [1.807, 2.05) is 0 Å². The molecule has 0 heterocycles. The zero-order valence-corrected chi connectivity index (χ0v) is 36.6. The molecule has 0 aliphatic rings. The fourth-order valence-electron chi connectivity index (χ4n) is 6.07. The lowest BCUT2D eigenvalue weighted by atomic mass is 10.1. The third-order valence-corrected chi connectivity index (χ3v) is 16.0. The zero-order chi connectivity index (χ0) is 48.4. The van der Waals surface area contributed by atoms with Crippen molar-refractivity contribution in [2.75, 3.05) is 30.4 Å². The lowest BCUT2D eigenvalue weighted by Gasteiger charge is -2.25. The molecule has 0 fully saturated rings. The Morgan fingerprint density at radius 1 is 0.530 bits per heavy atom. The van der Waals surface area contributed by atoms with E-state index >= 15 is 0 Å². The molecule has 0 saturated carbocycles. The summed E-state index contributed by atoms with van der Waals surface area (Å²) in [6.45, 7) is -3.30. The molecule has 0 saturated heterocycles. The predicted octanol–water partition coefficient (Wildman–Crippen LogP) is 6.54. The molecule has 344 valence electrons. The van der Waals surface area contributed by atoms with Gasteiger partial charge in [0.25, 0.3) is 30.4 Å². The molecule has 12 N–H and O–H groups in total. The number of aliphatic hydroxyl groups excluding tert-OH is 2. The van der Waals surface area contributed by atoms with Crippen LogP contribution in [0, 0.1) is 0 Å². The molecule has 6 aromatic rings. The first kappa shape index (κ1) is 48.4. The topological polar surface area (TPSA) is 410 Å². The number of rotatable bonds is 15. The van der Waals surface area contributed by atoms with Crippen LogP contribution in [-0.4, -0.2) is 79.9 Å². The quantitative estimate of drug-likeness (QED) is 0.0228. The van der Waals surface area contributed by atoms with Gasteiger partial charge in [-0.15, -0.1) is 15.3 Å². The van der Waals surface area contributed by atoms with E-state index in [0.717, 1.165) is 42.5 Å². The normalized spacial score (nSPS) is 13.2. The van der Waals surface area contributed by atoms with Crippen LogP contribution in [0.2, 0.25) is 0 Å². The molecule has 23 nitrogen and oxygen atoms in total. The van der Waals surface area contributed by atoms with Gasteiger partial charge in [0.15, 0.2) is 5.75 Å². The van der Waals surface area contributed by atoms with Crippen molar-refractivity contribution in [3.05, 3.63) is 114 Å². The fourth-order valence-corrected chi connectivity index (χ4v) is 10.5. The van der Waals surface area contributed by atoms with Crippen LogP contribution in [0.4, 0.5) is 51.2 Å². The standard InChI is InChI=1S/C39H35N9O14S4/c40-25-7-16-31(30(41)17-25)46-44-27-8-3-22(34(18-27)64(54,55)56)1-2-23-4-9-28(19-35(23)65(57,58)59)45-47-32-14-5-24-6-15-33(38(51)36(24)37(32)42)48-43-26-10-12-29(13-11-26)63(52,53)39(20-49,21-50)66(60,61)62/h1-19,49-51H,20-21,40-42H2,(H,54,55,56)(H,57,58,59)(H,60,61,62)/b2-1+,46-44?,47-45?,48-43?. The first-order valence-corrected chi connectivity index (χ1v) is 24.1. The van der Waals surface area contributed by atoms with E-state index in [0.29, 0.717) is 11.1 Å². The number of fused-ring (bicyclic) bond motifs is 1. The number of azo groups is 3. The molecule has 6 rings (SSSR count). The van der Waals surface area contributed by atoms with Crippen LogP contribution < -0.4 is 17.2 Å². The van der Waals surface area contributed by atoms with Crippen molar-refractivity contribution in [2.45, 2.75) is 18.8 Å². The van der Waals surface area contributed by atoms with Gasteiger partial charge in [0.1, 0.15) is 26.9 Å². The van der Waals surface area contributed by atoms with Gasteiger partial charge in [0, 0.05) is 5.69 Å². The highest BCUT2D eigenvalue weighted by molar-refractivity contribution is 8.08. The van der Waals surface area contributed by atoms with E-state index in [2.05, 4.69) is 30.7 Å². The van der Waals surface area contributed by atoms with Gasteiger partial charge in [-0.05, 0) is 95.4 Å². The molecule has 0 amide bonds. The van der Waals surface area contributed by atoms with E-state index in [1.54, 1.807) is 0 Å². The summed E-state index contributed by atoms with van der Waals surface area (Å²) < 4.78 is 126. The molecule has 0 radical (unpaired) electrons. The third kappa shape index (κ3) is 9.92. The van der Waals surface area contributed by atoms with Gasteiger partial charge in [-0.2, -0.15) is 40.6 Å². The van der Waals surface area contributed by atoms with Gasteiger partial charge in [0.2, 0.25) is 13.9 Å². The van der Waals surface area contributed by atoms with Crippen LogP contribution in [0.1, 0.15) is 11.1 Å². The molecule has 6 aromatic carbocycles. The monoisotopic (exact) mass is 981 g/mol. The van der Waals surface area contributed by atoms with Crippen LogP contribution in [0.25, 0.3) is 22.9 Å². The lowest BCUT2D eigenvalue weighted by Crippen LogP contribution is -2.52. The van der Waals surface area contributed by atoms with Crippen molar-refractivity contribution >= 4 is 114 Å². The number of benzene rings is 6. The van der Waals surface area contributed by atoms with Gasteiger partial charge >= 0.3 is 0 Å². The summed E-state index contributed by atoms with van der Waals surface area (Å²) in [5.74, 6) is -0.474. The fraction of sp³-hybridized carbons (Fsp3) is 0.0769. The molecule has 66 heavy (non-hydrogen) atoms. The van der Waals surface area contributed by atoms with Crippen molar-refractivity contribution in [3.8, 4) is 5.75 Å². The Morgan fingerprint density at radius 3 is 1.47 bits per heavy atom. The van der Waals surface area contributed by atoms with E-state index in [9.17, 15) is 62.6 Å². The number of hydrogen-bond acceptors (Lipinski definition) is 20. The molecule has 0 aliphatic carbocycles. The number of sulfone groups is 1. The lowest BCUT2D eigenvalue weighted by molar-refractivity contribution is 0.197. The number of aromatic hydroxyl groups is 1. The van der Waals surface area contributed by atoms with Crippen molar-refractivity contribution in [2.24, 2.45) is 30.7 Å². The van der Waals surface area contributed by atoms with Crippen molar-refractivity contribution in [3.63, 3.8) is 0 Å². The maximum atomic E-state index is 13.0. The number of phenolic OH excluding ortho intramolecular Hbond substituents is 1. The number of aliphatic hydroxyl groups is 2. The minimum absolute atomic E-state index is 0.00138. The van der Waals surface area contributed by atoms with Crippen molar-refractivity contribution < 1.29 is 62.6 Å². The Hall–Kier alpha value is -7.08. The number of hydrogen-bond donors (Lipinski definition) is 9. The number of nitrogens with two attached hydrogens (primary N) is 3. The molecule has 0 aromatic heterocycles. The van der Waals surface area contributed by atoms with Crippen LogP contribution >= 0.6 is 0 Å². The minimum atomic E-state index is -5.51. The second-order valence-corrected chi connectivity index (χ2v) is 20.9. The number of nitrogen functional groups attached to an aromatic ring is 3. The SMILES string of the molecule is Nc1ccc(N=Nc2ccc(/C=C/c3ccc(N=Nc4ccc5ccc(N=Nc6ccc(S(=O)(=O)C(CO)(CO)S(=O)(=O)O)cc6)c(O)c5c4N)cc3S(=O)(=O)O)c(S(=O)(=O)O)c2)c(N)c1. The molecule has 0 bridgehead atoms. The second-order valence-electron chi connectivity index (χ2n) is 13.9. The smallest absolute Gasteiger partial charge is 0.295 e. The van der Waals surface area contributed by atoms with E-state index in [-0.39, 0.29) is 62.0 Å². The average Bonchev–Trinajstić information content (AvgIpc) is 3.24. The summed E-state index contributed by atoms with van der Waals surface area (Å²) in [5, 5.41) is 54.7. The van der Waals surface area contributed by atoms with Crippen molar-refractivity contribution in [1.82, 2.24) is 0 Å². The molecular weight excluding hydrogens is 947 g/mol. The van der Waals surface area contributed by atoms with Crippen LogP contribution in [0.15, 0.2) is 149 Å². The van der Waals surface area contributed by atoms with E-state index in [1.165, 1.54) is 72.8 Å². The Kier molecular flexibility index (Phi) is 13.5. The molecule has 0 spiro atoms. The third-order valence-electron chi connectivity index (χ3n) is 9.61. The van der Waals surface area contributed by atoms with Gasteiger partial charge in [0.05, 0.1) is 51.9 Å². The Balaban J connectivity index is 1.25.